The summed E-state index contributed by atoms with van der Waals surface area (Å²) in [6, 6.07) is 7.28. The van der Waals surface area contributed by atoms with Gasteiger partial charge in [0.1, 0.15) is 0 Å². The predicted octanol–water partition coefficient (Wildman–Crippen LogP) is 2.52. The summed E-state index contributed by atoms with van der Waals surface area (Å²) >= 11 is 5.91. The highest BCUT2D eigenvalue weighted by Gasteiger charge is 2.06. The van der Waals surface area contributed by atoms with Gasteiger partial charge in [-0.15, -0.1) is 0 Å². The fourth-order valence-electron chi connectivity index (χ4n) is 1.33. The van der Waals surface area contributed by atoms with Crippen LogP contribution in [-0.4, -0.2) is 15.9 Å². The van der Waals surface area contributed by atoms with Gasteiger partial charge in [-0.1, -0.05) is 29.8 Å². The van der Waals surface area contributed by atoms with Crippen molar-refractivity contribution in [2.24, 2.45) is 0 Å². The molecule has 0 saturated heterocycles. The third-order valence-electron chi connectivity index (χ3n) is 1.88. The zero-order chi connectivity index (χ0) is 10.1. The van der Waals surface area contributed by atoms with Gasteiger partial charge in [-0.2, -0.15) is 0 Å². The Hall–Kier alpha value is -1.68. The Bertz CT molecular complexity index is 493. The number of carboxylic acid groups (broad SMARTS) is 1. The predicted molar refractivity (Wildman–Crippen MR) is 54.3 cm³/mol. The van der Waals surface area contributed by atoms with Gasteiger partial charge in [0.25, 0.3) is 0 Å². The molecule has 2 N–H and O–H groups in total. The van der Waals surface area contributed by atoms with E-state index in [1.54, 1.807) is 6.07 Å². The highest BCUT2D eigenvalue weighted by Crippen LogP contribution is 2.24. The van der Waals surface area contributed by atoms with Crippen LogP contribution in [0.3, 0.4) is 0 Å². The molecule has 0 radical (unpaired) electrons. The summed E-state index contributed by atoms with van der Waals surface area (Å²) < 4.78 is 1.37. The molecule has 0 saturated carbocycles. The average Bonchev–Trinajstić information content (AvgIpc) is 2.44. The Morgan fingerprint density at radius 3 is 2.86 bits per heavy atom. The Balaban J connectivity index is 2.60. The number of para-hydroxylation sites is 1. The number of nitrogens with zero attached hydrogens (tertiary/aromatic N) is 1. The molecule has 1 heterocycles. The molecule has 1 amide bonds. The Morgan fingerprint density at radius 2 is 2.14 bits per heavy atom. The number of halogens is 1. The first-order chi connectivity index (χ1) is 6.68. The smallest absolute Gasteiger partial charge is 0.423 e. The Kier molecular flexibility index (Phi) is 2.05. The van der Waals surface area contributed by atoms with Gasteiger partial charge in [-0.05, 0) is 6.07 Å². The van der Waals surface area contributed by atoms with Crippen molar-refractivity contribution in [3.05, 3.63) is 35.5 Å². The quantitative estimate of drug-likeness (QED) is 0.760. The number of carbonyl (C=O) groups is 1. The van der Waals surface area contributed by atoms with E-state index in [-0.39, 0.29) is 0 Å². The number of aromatic nitrogens is 1. The summed E-state index contributed by atoms with van der Waals surface area (Å²) in [6.07, 6.45) is 0.405. The fraction of sp³-hybridized carbons (Fsp3) is 0. The lowest BCUT2D eigenvalue weighted by molar-refractivity contribution is 0.206. The molecular formula is C9H7ClN2O2. The summed E-state index contributed by atoms with van der Waals surface area (Å²) in [7, 11) is 0. The number of hydrogen-bond acceptors (Lipinski definition) is 1. The molecule has 14 heavy (non-hydrogen) atoms. The topological polar surface area (TPSA) is 54.3 Å². The molecule has 1 aromatic heterocycles. The maximum atomic E-state index is 10.4. The molecule has 0 aliphatic heterocycles. The third kappa shape index (κ3) is 1.40. The number of amides is 1. The van der Waals surface area contributed by atoms with Crippen LogP contribution in [-0.2, 0) is 0 Å². The molecule has 72 valence electrons. The van der Waals surface area contributed by atoms with E-state index in [0.29, 0.717) is 5.02 Å². The van der Waals surface area contributed by atoms with Gasteiger partial charge in [0, 0.05) is 11.6 Å². The van der Waals surface area contributed by atoms with Crippen molar-refractivity contribution in [1.29, 1.82) is 0 Å². The van der Waals surface area contributed by atoms with Crippen LogP contribution in [0.1, 0.15) is 0 Å². The molecule has 1 aromatic carbocycles. The number of nitrogens with one attached hydrogen (secondary N) is 1. The maximum Gasteiger partial charge on any atom is 0.423 e. The maximum absolute atomic E-state index is 10.4. The van der Waals surface area contributed by atoms with Crippen LogP contribution in [0, 0.1) is 0 Å². The van der Waals surface area contributed by atoms with Crippen LogP contribution >= 0.6 is 11.6 Å². The molecule has 5 heteroatoms. The molecule has 4 nitrogen and oxygen atoms in total. The molecule has 0 spiro atoms. The van der Waals surface area contributed by atoms with E-state index < -0.39 is 6.09 Å². The molecule has 0 bridgehead atoms. The van der Waals surface area contributed by atoms with Crippen molar-refractivity contribution in [2.45, 2.75) is 0 Å². The largest absolute Gasteiger partial charge is 0.464 e. The van der Waals surface area contributed by atoms with Crippen molar-refractivity contribution in [3.8, 4) is 0 Å². The van der Waals surface area contributed by atoms with Crippen LogP contribution in [0.25, 0.3) is 10.9 Å². The van der Waals surface area contributed by atoms with Gasteiger partial charge >= 0.3 is 6.09 Å². The van der Waals surface area contributed by atoms with Crippen molar-refractivity contribution < 1.29 is 9.90 Å². The fourth-order valence-corrected chi connectivity index (χ4v) is 1.59. The highest BCUT2D eigenvalue weighted by atomic mass is 35.5. The minimum atomic E-state index is -1.12. The van der Waals surface area contributed by atoms with E-state index >= 15 is 0 Å². The lowest BCUT2D eigenvalue weighted by Crippen LogP contribution is -2.19. The second kappa shape index (κ2) is 3.23. The normalized spacial score (nSPS) is 10.4. The molecule has 0 atom stereocenters. The van der Waals surface area contributed by atoms with E-state index in [9.17, 15) is 4.79 Å². The third-order valence-corrected chi connectivity index (χ3v) is 2.18. The van der Waals surface area contributed by atoms with E-state index in [1.165, 1.54) is 10.9 Å². The molecule has 0 aliphatic rings. The van der Waals surface area contributed by atoms with Crippen LogP contribution < -0.4 is 5.43 Å². The highest BCUT2D eigenvalue weighted by molar-refractivity contribution is 6.35. The van der Waals surface area contributed by atoms with Crippen LogP contribution in [0.4, 0.5) is 4.79 Å². The Morgan fingerprint density at radius 1 is 1.43 bits per heavy atom. The summed E-state index contributed by atoms with van der Waals surface area (Å²) in [5.41, 5.74) is 2.95. The standard InChI is InChI=1S/C9H7ClN2O2/c10-7-5-12(11-9(13)14)8-4-2-1-3-6(7)8/h1-5,11H,(H,13,14). The molecule has 0 fully saturated rings. The second-order valence-electron chi connectivity index (χ2n) is 2.78. The molecule has 0 unspecified atom stereocenters. The molecular weight excluding hydrogens is 204 g/mol. The van der Waals surface area contributed by atoms with Gasteiger partial charge in [-0.3, -0.25) is 4.68 Å². The van der Waals surface area contributed by atoms with Gasteiger partial charge < -0.3 is 5.11 Å². The summed E-state index contributed by atoms with van der Waals surface area (Å²) in [5, 5.41) is 9.91. The van der Waals surface area contributed by atoms with Crippen LogP contribution in [0.5, 0.6) is 0 Å². The van der Waals surface area contributed by atoms with Gasteiger partial charge in [-0.25, -0.2) is 10.2 Å². The molecule has 2 aromatic rings. The SMILES string of the molecule is O=C(O)Nn1cc(Cl)c2ccccc21. The summed E-state index contributed by atoms with van der Waals surface area (Å²) in [6.45, 7) is 0. The first kappa shape index (κ1) is 8.90. The van der Waals surface area contributed by atoms with Gasteiger partial charge in [0.15, 0.2) is 0 Å². The summed E-state index contributed by atoms with van der Waals surface area (Å²) in [4.78, 5) is 10.4. The van der Waals surface area contributed by atoms with Gasteiger partial charge in [0.2, 0.25) is 0 Å². The molecule has 0 aliphatic carbocycles. The number of fused-ring (bicyclic) bond motifs is 1. The first-order valence-corrected chi connectivity index (χ1v) is 4.32. The number of hydrogen-bond donors (Lipinski definition) is 2. The Labute approximate surface area is 84.7 Å². The lowest BCUT2D eigenvalue weighted by Gasteiger charge is -2.02. The monoisotopic (exact) mass is 210 g/mol. The minimum Gasteiger partial charge on any atom is -0.464 e. The zero-order valence-electron chi connectivity index (χ0n) is 7.07. The van der Waals surface area contributed by atoms with Gasteiger partial charge in [0.05, 0.1) is 10.5 Å². The van der Waals surface area contributed by atoms with Crippen molar-refractivity contribution in [3.63, 3.8) is 0 Å². The lowest BCUT2D eigenvalue weighted by atomic mass is 10.2. The average molecular weight is 211 g/mol. The number of benzene rings is 1. The van der Waals surface area contributed by atoms with E-state index in [2.05, 4.69) is 5.43 Å². The van der Waals surface area contributed by atoms with Crippen molar-refractivity contribution >= 4 is 28.6 Å². The molecule has 2 rings (SSSR count). The number of rotatable bonds is 1. The first-order valence-electron chi connectivity index (χ1n) is 3.94. The second-order valence-corrected chi connectivity index (χ2v) is 3.19. The van der Waals surface area contributed by atoms with Crippen molar-refractivity contribution in [1.82, 2.24) is 4.68 Å². The van der Waals surface area contributed by atoms with E-state index in [1.807, 2.05) is 18.2 Å². The van der Waals surface area contributed by atoms with Crippen LogP contribution in [0.15, 0.2) is 30.5 Å². The zero-order valence-corrected chi connectivity index (χ0v) is 7.82. The van der Waals surface area contributed by atoms with E-state index in [4.69, 9.17) is 16.7 Å². The van der Waals surface area contributed by atoms with Crippen LogP contribution in [0.2, 0.25) is 5.02 Å². The summed E-state index contributed by atoms with van der Waals surface area (Å²) in [5.74, 6) is 0. The van der Waals surface area contributed by atoms with E-state index in [0.717, 1.165) is 10.9 Å². The minimum absolute atomic E-state index is 0.523. The van der Waals surface area contributed by atoms with Crippen molar-refractivity contribution in [2.75, 3.05) is 5.43 Å².